The fourth-order valence-corrected chi connectivity index (χ4v) is 3.33. The van der Waals surface area contributed by atoms with Gasteiger partial charge in [-0.15, -0.1) is 0 Å². The Hall–Kier alpha value is -3.94. The van der Waals surface area contributed by atoms with Crippen LogP contribution in [-0.4, -0.2) is 25.8 Å². The summed E-state index contributed by atoms with van der Waals surface area (Å²) in [4.78, 5) is 28.9. The van der Waals surface area contributed by atoms with Crippen molar-refractivity contribution in [3.05, 3.63) is 71.3 Å². The summed E-state index contributed by atoms with van der Waals surface area (Å²) in [5.41, 5.74) is -1.79. The molecule has 1 amide bonds. The maximum absolute atomic E-state index is 13.4. The lowest BCUT2D eigenvalue weighted by Crippen LogP contribution is -2.29. The molecule has 0 saturated heterocycles. The van der Waals surface area contributed by atoms with Gasteiger partial charge in [-0.05, 0) is 44.0 Å². The van der Waals surface area contributed by atoms with Crippen LogP contribution in [0.2, 0.25) is 0 Å². The first-order chi connectivity index (χ1) is 15.6. The lowest BCUT2D eigenvalue weighted by Gasteiger charge is -2.17. The molecule has 0 bridgehead atoms. The van der Waals surface area contributed by atoms with Crippen molar-refractivity contribution in [2.45, 2.75) is 37.4 Å². The lowest BCUT2D eigenvalue weighted by atomic mass is 10.0. The third-order valence-electron chi connectivity index (χ3n) is 5.29. The van der Waals surface area contributed by atoms with Crippen molar-refractivity contribution in [3.8, 4) is 17.5 Å². The fraction of sp³-hybridized carbons (Fsp3) is 0.273. The molecular weight excluding hydrogens is 440 g/mol. The van der Waals surface area contributed by atoms with Crippen molar-refractivity contribution in [2.24, 2.45) is 0 Å². The van der Waals surface area contributed by atoms with Gasteiger partial charge >= 0.3 is 6.18 Å². The van der Waals surface area contributed by atoms with Gasteiger partial charge in [0, 0.05) is 18.0 Å². The Morgan fingerprint density at radius 2 is 1.91 bits per heavy atom. The summed E-state index contributed by atoms with van der Waals surface area (Å²) in [6.07, 6.45) is -0.224. The van der Waals surface area contributed by atoms with Gasteiger partial charge in [-0.2, -0.15) is 18.4 Å². The molecule has 3 aromatic rings. The van der Waals surface area contributed by atoms with E-state index in [4.69, 9.17) is 0 Å². The molecule has 1 aliphatic rings. The van der Waals surface area contributed by atoms with Crippen LogP contribution in [0.15, 0.2) is 42.9 Å². The minimum Gasteiger partial charge on any atom is -0.344 e. The zero-order valence-corrected chi connectivity index (χ0v) is 17.2. The molecule has 1 unspecified atom stereocenters. The Morgan fingerprint density at radius 3 is 2.52 bits per heavy atom. The number of aromatic nitrogens is 4. The third kappa shape index (κ3) is 4.50. The van der Waals surface area contributed by atoms with Gasteiger partial charge in [0.05, 0.1) is 40.8 Å². The SMILES string of the molecule is CC(NC(=O)c1cc(C(F)(F)F)nc(C2(C#N)CC2)c1)c1nccnc1-c1ccc(F)cn1. The van der Waals surface area contributed by atoms with Crippen molar-refractivity contribution >= 4 is 5.91 Å². The summed E-state index contributed by atoms with van der Waals surface area (Å²) in [6, 6.07) is 5.69. The van der Waals surface area contributed by atoms with Crippen LogP contribution in [0.25, 0.3) is 11.4 Å². The molecule has 0 spiro atoms. The quantitative estimate of drug-likeness (QED) is 0.579. The number of pyridine rings is 2. The van der Waals surface area contributed by atoms with Gasteiger partial charge in [0.2, 0.25) is 0 Å². The molecule has 168 valence electrons. The summed E-state index contributed by atoms with van der Waals surface area (Å²) in [5.74, 6) is -1.33. The molecule has 1 aliphatic carbocycles. The molecule has 0 aliphatic heterocycles. The second-order valence-electron chi connectivity index (χ2n) is 7.66. The zero-order chi connectivity index (χ0) is 23.8. The lowest BCUT2D eigenvalue weighted by molar-refractivity contribution is -0.141. The highest BCUT2D eigenvalue weighted by atomic mass is 19.4. The van der Waals surface area contributed by atoms with Gasteiger partial charge < -0.3 is 5.32 Å². The number of alkyl halides is 3. The number of nitriles is 1. The summed E-state index contributed by atoms with van der Waals surface area (Å²) >= 11 is 0. The van der Waals surface area contributed by atoms with E-state index in [1.165, 1.54) is 30.6 Å². The number of rotatable bonds is 5. The Bertz CT molecular complexity index is 1250. The summed E-state index contributed by atoms with van der Waals surface area (Å²) in [7, 11) is 0. The van der Waals surface area contributed by atoms with Crippen LogP contribution in [0, 0.1) is 17.1 Å². The van der Waals surface area contributed by atoms with Crippen LogP contribution >= 0.6 is 0 Å². The van der Waals surface area contributed by atoms with E-state index in [9.17, 15) is 27.6 Å². The van der Waals surface area contributed by atoms with E-state index >= 15 is 0 Å². The van der Waals surface area contributed by atoms with Crippen LogP contribution in [-0.2, 0) is 11.6 Å². The first-order valence-corrected chi connectivity index (χ1v) is 9.88. The molecule has 3 heterocycles. The number of nitrogens with one attached hydrogen (secondary N) is 1. The highest BCUT2D eigenvalue weighted by Gasteiger charge is 2.48. The summed E-state index contributed by atoms with van der Waals surface area (Å²) < 4.78 is 53.4. The standard InChI is InChI=1S/C22H16F4N6O/c1-12(18-19(29-7-6-28-18)15-3-2-14(23)10-30-15)31-20(33)13-8-16(21(11-27)4-5-21)32-17(9-13)22(24,25)26/h2-3,6-10,12H,4-5H2,1H3,(H,31,33). The number of amides is 1. The van der Waals surface area contributed by atoms with E-state index in [2.05, 4.69) is 25.3 Å². The topological polar surface area (TPSA) is 104 Å². The summed E-state index contributed by atoms with van der Waals surface area (Å²) in [5, 5.41) is 12.0. The van der Waals surface area contributed by atoms with Crippen molar-refractivity contribution in [1.29, 1.82) is 5.26 Å². The van der Waals surface area contributed by atoms with E-state index in [1.807, 2.05) is 6.07 Å². The molecule has 0 radical (unpaired) electrons. The highest BCUT2D eigenvalue weighted by Crippen LogP contribution is 2.47. The largest absolute Gasteiger partial charge is 0.433 e. The van der Waals surface area contributed by atoms with E-state index in [0.29, 0.717) is 30.3 Å². The Labute approximate surface area is 185 Å². The van der Waals surface area contributed by atoms with Crippen molar-refractivity contribution in [3.63, 3.8) is 0 Å². The highest BCUT2D eigenvalue weighted by molar-refractivity contribution is 5.94. The van der Waals surface area contributed by atoms with Gasteiger partial charge in [0.1, 0.15) is 17.2 Å². The first-order valence-electron chi connectivity index (χ1n) is 9.88. The van der Waals surface area contributed by atoms with Crippen molar-refractivity contribution < 1.29 is 22.4 Å². The van der Waals surface area contributed by atoms with E-state index in [0.717, 1.165) is 6.20 Å². The maximum Gasteiger partial charge on any atom is 0.433 e. The van der Waals surface area contributed by atoms with E-state index in [1.54, 1.807) is 6.92 Å². The average Bonchev–Trinajstić information content (AvgIpc) is 3.60. The predicted octanol–water partition coefficient (Wildman–Crippen LogP) is 4.14. The molecule has 11 heteroatoms. The number of carbonyl (C=O) groups is 1. The average molecular weight is 456 g/mol. The minimum absolute atomic E-state index is 0.0756. The smallest absolute Gasteiger partial charge is 0.344 e. The summed E-state index contributed by atoms with van der Waals surface area (Å²) in [6.45, 7) is 1.58. The number of hydrogen-bond donors (Lipinski definition) is 1. The van der Waals surface area contributed by atoms with Crippen LogP contribution < -0.4 is 5.32 Å². The van der Waals surface area contributed by atoms with Gasteiger partial charge in [-0.3, -0.25) is 19.7 Å². The van der Waals surface area contributed by atoms with Crippen molar-refractivity contribution in [1.82, 2.24) is 25.3 Å². The third-order valence-corrected chi connectivity index (χ3v) is 5.29. The second-order valence-corrected chi connectivity index (χ2v) is 7.66. The Morgan fingerprint density at radius 1 is 1.18 bits per heavy atom. The molecule has 7 nitrogen and oxygen atoms in total. The number of halogens is 4. The molecule has 1 atom stereocenters. The fourth-order valence-electron chi connectivity index (χ4n) is 3.33. The minimum atomic E-state index is -4.78. The molecule has 3 aromatic heterocycles. The molecule has 1 fully saturated rings. The van der Waals surface area contributed by atoms with Gasteiger partial charge in [-0.25, -0.2) is 9.37 Å². The van der Waals surface area contributed by atoms with Crippen LogP contribution in [0.1, 0.15) is 53.2 Å². The molecule has 0 aromatic carbocycles. The van der Waals surface area contributed by atoms with E-state index in [-0.39, 0.29) is 17.0 Å². The number of hydrogen-bond acceptors (Lipinski definition) is 6. The monoisotopic (exact) mass is 456 g/mol. The molecule has 33 heavy (non-hydrogen) atoms. The molecular formula is C22H16F4N6O. The normalized spacial score (nSPS) is 15.4. The van der Waals surface area contributed by atoms with Crippen LogP contribution in [0.5, 0.6) is 0 Å². The second kappa shape index (κ2) is 8.20. The number of nitrogens with zero attached hydrogens (tertiary/aromatic N) is 5. The zero-order valence-electron chi connectivity index (χ0n) is 17.2. The molecule has 1 saturated carbocycles. The Balaban J connectivity index is 1.65. The predicted molar refractivity (Wildman–Crippen MR) is 107 cm³/mol. The van der Waals surface area contributed by atoms with Crippen LogP contribution in [0.4, 0.5) is 17.6 Å². The van der Waals surface area contributed by atoms with Crippen molar-refractivity contribution in [2.75, 3.05) is 0 Å². The van der Waals surface area contributed by atoms with Crippen LogP contribution in [0.3, 0.4) is 0 Å². The Kier molecular flexibility index (Phi) is 5.53. The molecule has 4 rings (SSSR count). The van der Waals surface area contributed by atoms with E-state index < -0.39 is 35.1 Å². The van der Waals surface area contributed by atoms with Gasteiger partial charge in [0.25, 0.3) is 5.91 Å². The first kappa shape index (κ1) is 22.3. The van der Waals surface area contributed by atoms with Gasteiger partial charge in [-0.1, -0.05) is 0 Å². The van der Waals surface area contributed by atoms with Gasteiger partial charge in [0.15, 0.2) is 0 Å². The molecule has 1 N–H and O–H groups in total. The maximum atomic E-state index is 13.4. The number of carbonyl (C=O) groups excluding carboxylic acids is 1.